The standard InChI is InChI=1S/C16H18ClF3N2O3/c1-2-13(9-3-5-10(17)6-4-9)21-15(25)22-7-11(14(23)24)12(8-22)16(18,19)20/h3-6,11-13H,2,7-8H2,1H3,(H,21,25)(H,23,24)/t11-,12-,13?/m1/s1. The summed E-state index contributed by atoms with van der Waals surface area (Å²) in [4.78, 5) is 24.3. The predicted octanol–water partition coefficient (Wildman–Crippen LogP) is 3.70. The molecule has 1 aliphatic heterocycles. The molecule has 1 aromatic rings. The molecule has 1 fully saturated rings. The van der Waals surface area contributed by atoms with E-state index < -0.39 is 49.1 Å². The Morgan fingerprint density at radius 1 is 1.32 bits per heavy atom. The number of alkyl halides is 3. The monoisotopic (exact) mass is 378 g/mol. The number of nitrogens with one attached hydrogen (secondary N) is 1. The first-order chi connectivity index (χ1) is 11.6. The molecule has 25 heavy (non-hydrogen) atoms. The van der Waals surface area contributed by atoms with Crippen LogP contribution in [0.15, 0.2) is 24.3 Å². The number of rotatable bonds is 4. The number of carboxylic acids is 1. The molecule has 0 radical (unpaired) electrons. The number of amides is 2. The van der Waals surface area contributed by atoms with Crippen LogP contribution in [-0.4, -0.2) is 41.3 Å². The third-order valence-electron chi connectivity index (χ3n) is 4.32. The van der Waals surface area contributed by atoms with Gasteiger partial charge in [0, 0.05) is 18.1 Å². The zero-order valence-corrected chi connectivity index (χ0v) is 14.1. The molecule has 1 heterocycles. The van der Waals surface area contributed by atoms with Crippen LogP contribution in [0, 0.1) is 11.8 Å². The number of likely N-dealkylation sites (tertiary alicyclic amines) is 1. The Morgan fingerprint density at radius 2 is 1.92 bits per heavy atom. The summed E-state index contributed by atoms with van der Waals surface area (Å²) in [5.41, 5.74) is 0.765. The Hall–Kier alpha value is -1.96. The molecule has 3 atom stereocenters. The van der Waals surface area contributed by atoms with Gasteiger partial charge in [-0.15, -0.1) is 0 Å². The molecule has 1 aromatic carbocycles. The van der Waals surface area contributed by atoms with Crippen LogP contribution >= 0.6 is 11.6 Å². The molecule has 138 valence electrons. The summed E-state index contributed by atoms with van der Waals surface area (Å²) in [5.74, 6) is -5.27. The van der Waals surface area contributed by atoms with E-state index in [9.17, 15) is 22.8 Å². The topological polar surface area (TPSA) is 69.6 Å². The summed E-state index contributed by atoms with van der Waals surface area (Å²) >= 11 is 5.82. The number of hydrogen-bond acceptors (Lipinski definition) is 2. The van der Waals surface area contributed by atoms with Gasteiger partial charge < -0.3 is 15.3 Å². The Balaban J connectivity index is 2.09. The Kier molecular flexibility index (Phi) is 5.82. The van der Waals surface area contributed by atoms with Gasteiger partial charge in [-0.3, -0.25) is 4.79 Å². The molecule has 0 aromatic heterocycles. The van der Waals surface area contributed by atoms with Crippen LogP contribution in [-0.2, 0) is 4.79 Å². The van der Waals surface area contributed by atoms with Crippen molar-refractivity contribution in [3.8, 4) is 0 Å². The third kappa shape index (κ3) is 4.56. The van der Waals surface area contributed by atoms with E-state index in [0.29, 0.717) is 11.4 Å². The van der Waals surface area contributed by atoms with E-state index >= 15 is 0 Å². The molecule has 1 aliphatic rings. The first-order valence-corrected chi connectivity index (χ1v) is 8.11. The normalized spacial score (nSPS) is 21.9. The number of carbonyl (C=O) groups is 2. The van der Waals surface area contributed by atoms with Crippen molar-refractivity contribution in [2.45, 2.75) is 25.6 Å². The van der Waals surface area contributed by atoms with E-state index in [4.69, 9.17) is 16.7 Å². The highest BCUT2D eigenvalue weighted by molar-refractivity contribution is 6.30. The zero-order chi connectivity index (χ0) is 18.8. The minimum Gasteiger partial charge on any atom is -0.481 e. The number of nitrogens with zero attached hydrogens (tertiary/aromatic N) is 1. The highest BCUT2D eigenvalue weighted by Crippen LogP contribution is 2.37. The molecule has 1 saturated heterocycles. The van der Waals surface area contributed by atoms with Crippen LogP contribution in [0.1, 0.15) is 24.9 Å². The van der Waals surface area contributed by atoms with Gasteiger partial charge in [-0.2, -0.15) is 13.2 Å². The van der Waals surface area contributed by atoms with E-state index in [1.54, 1.807) is 24.3 Å². The van der Waals surface area contributed by atoms with Crippen molar-refractivity contribution in [3.63, 3.8) is 0 Å². The Bertz CT molecular complexity index is 637. The van der Waals surface area contributed by atoms with Gasteiger partial charge in [0.2, 0.25) is 0 Å². The second-order valence-corrected chi connectivity index (χ2v) is 6.40. The average Bonchev–Trinajstić information content (AvgIpc) is 2.99. The number of urea groups is 1. The molecule has 5 nitrogen and oxygen atoms in total. The number of carbonyl (C=O) groups excluding carboxylic acids is 1. The van der Waals surface area contributed by atoms with Gasteiger partial charge in [0.15, 0.2) is 0 Å². The number of aliphatic carboxylic acids is 1. The first-order valence-electron chi connectivity index (χ1n) is 7.74. The number of benzene rings is 1. The molecule has 0 saturated carbocycles. The predicted molar refractivity (Wildman–Crippen MR) is 85.3 cm³/mol. The number of halogens is 4. The molecule has 0 bridgehead atoms. The summed E-state index contributed by atoms with van der Waals surface area (Å²) in [6, 6.07) is 5.64. The quantitative estimate of drug-likeness (QED) is 0.839. The minimum absolute atomic E-state index is 0.405. The van der Waals surface area contributed by atoms with Gasteiger partial charge in [0.05, 0.1) is 17.9 Å². The molecule has 1 unspecified atom stereocenters. The van der Waals surface area contributed by atoms with Crippen molar-refractivity contribution in [3.05, 3.63) is 34.9 Å². The van der Waals surface area contributed by atoms with Crippen LogP contribution in [0.3, 0.4) is 0 Å². The summed E-state index contributed by atoms with van der Waals surface area (Å²) in [6.45, 7) is 0.688. The first kappa shape index (κ1) is 19.4. The highest BCUT2D eigenvalue weighted by atomic mass is 35.5. The summed E-state index contributed by atoms with van der Waals surface area (Å²) in [5, 5.41) is 12.2. The second kappa shape index (κ2) is 7.51. The second-order valence-electron chi connectivity index (χ2n) is 5.96. The molecule has 2 rings (SSSR count). The Morgan fingerprint density at radius 3 is 2.36 bits per heavy atom. The fraction of sp³-hybridized carbons (Fsp3) is 0.500. The maximum atomic E-state index is 13.0. The number of carboxylic acid groups (broad SMARTS) is 1. The lowest BCUT2D eigenvalue weighted by atomic mass is 9.96. The molecule has 2 amide bonds. The molecule has 2 N–H and O–H groups in total. The lowest BCUT2D eigenvalue weighted by Crippen LogP contribution is -2.41. The fourth-order valence-electron chi connectivity index (χ4n) is 2.91. The lowest BCUT2D eigenvalue weighted by molar-refractivity contribution is -0.187. The average molecular weight is 379 g/mol. The maximum Gasteiger partial charge on any atom is 0.394 e. The molecule has 9 heteroatoms. The fourth-order valence-corrected chi connectivity index (χ4v) is 3.03. The summed E-state index contributed by atoms with van der Waals surface area (Å²) in [6.07, 6.45) is -4.15. The molecule has 0 spiro atoms. The van der Waals surface area contributed by atoms with Gasteiger partial charge in [-0.05, 0) is 24.1 Å². The zero-order valence-electron chi connectivity index (χ0n) is 13.4. The van der Waals surface area contributed by atoms with Gasteiger partial charge >= 0.3 is 18.2 Å². The van der Waals surface area contributed by atoms with Gasteiger partial charge in [-0.25, -0.2) is 4.79 Å². The highest BCUT2D eigenvalue weighted by Gasteiger charge is 2.53. The largest absolute Gasteiger partial charge is 0.481 e. The summed E-state index contributed by atoms with van der Waals surface area (Å²) in [7, 11) is 0. The molecular weight excluding hydrogens is 361 g/mol. The smallest absolute Gasteiger partial charge is 0.394 e. The van der Waals surface area contributed by atoms with Crippen molar-refractivity contribution < 1.29 is 27.9 Å². The lowest BCUT2D eigenvalue weighted by Gasteiger charge is -2.23. The van der Waals surface area contributed by atoms with Crippen molar-refractivity contribution in [2.75, 3.05) is 13.1 Å². The van der Waals surface area contributed by atoms with Crippen LogP contribution in [0.5, 0.6) is 0 Å². The third-order valence-corrected chi connectivity index (χ3v) is 4.58. The van der Waals surface area contributed by atoms with Crippen molar-refractivity contribution in [2.24, 2.45) is 11.8 Å². The van der Waals surface area contributed by atoms with Gasteiger partial charge in [0.1, 0.15) is 0 Å². The molecular formula is C16H18ClF3N2O3. The SMILES string of the molecule is CCC(NC(=O)N1C[C@@H](C(F)(F)F)[C@H](C(=O)O)C1)c1ccc(Cl)cc1. The van der Waals surface area contributed by atoms with Crippen molar-refractivity contribution >= 4 is 23.6 Å². The van der Waals surface area contributed by atoms with Gasteiger partial charge in [0.25, 0.3) is 0 Å². The van der Waals surface area contributed by atoms with E-state index in [-0.39, 0.29) is 0 Å². The van der Waals surface area contributed by atoms with Gasteiger partial charge in [-0.1, -0.05) is 30.7 Å². The van der Waals surface area contributed by atoms with Crippen LogP contribution in [0.2, 0.25) is 5.02 Å². The van der Waals surface area contributed by atoms with E-state index in [1.807, 2.05) is 6.92 Å². The van der Waals surface area contributed by atoms with Crippen LogP contribution in [0.25, 0.3) is 0 Å². The van der Waals surface area contributed by atoms with E-state index in [0.717, 1.165) is 10.5 Å². The van der Waals surface area contributed by atoms with Crippen LogP contribution < -0.4 is 5.32 Å². The number of hydrogen-bond donors (Lipinski definition) is 2. The minimum atomic E-state index is -4.67. The summed E-state index contributed by atoms with van der Waals surface area (Å²) < 4.78 is 39.0. The van der Waals surface area contributed by atoms with E-state index in [1.165, 1.54) is 0 Å². The van der Waals surface area contributed by atoms with E-state index in [2.05, 4.69) is 5.32 Å². The maximum absolute atomic E-state index is 13.0. The molecule has 0 aliphatic carbocycles. The van der Waals surface area contributed by atoms with Crippen molar-refractivity contribution in [1.82, 2.24) is 10.2 Å². The van der Waals surface area contributed by atoms with Crippen LogP contribution in [0.4, 0.5) is 18.0 Å². The Labute approximate surface area is 147 Å². The van der Waals surface area contributed by atoms with Crippen molar-refractivity contribution in [1.29, 1.82) is 0 Å².